The van der Waals surface area contributed by atoms with Gasteiger partial charge >= 0.3 is 5.97 Å². The number of hydrogen-bond acceptors (Lipinski definition) is 6. The highest BCUT2D eigenvalue weighted by Crippen LogP contribution is 2.32. The zero-order valence-electron chi connectivity index (χ0n) is 9.35. The van der Waals surface area contributed by atoms with Crippen molar-refractivity contribution in [3.8, 4) is 0 Å². The van der Waals surface area contributed by atoms with Gasteiger partial charge in [0.2, 0.25) is 0 Å². The lowest BCUT2D eigenvalue weighted by atomic mass is 10.1. The molecule has 1 aliphatic heterocycles. The molecule has 0 amide bonds. The summed E-state index contributed by atoms with van der Waals surface area (Å²) in [6, 6.07) is 0. The molecule has 2 heterocycles. The number of anilines is 1. The Balaban J connectivity index is 2.15. The van der Waals surface area contributed by atoms with Gasteiger partial charge < -0.3 is 14.7 Å². The van der Waals surface area contributed by atoms with Gasteiger partial charge in [-0.1, -0.05) is 22.9 Å². The van der Waals surface area contributed by atoms with Gasteiger partial charge in [0.15, 0.2) is 15.2 Å². The number of methoxy groups -OCH3 is 1. The van der Waals surface area contributed by atoms with Gasteiger partial charge in [0.1, 0.15) is 0 Å². The average molecular weight is 277 g/mol. The molecule has 1 aromatic rings. The number of carbonyl (C=O) groups is 1. The normalized spacial score (nSPS) is 19.7. The van der Waals surface area contributed by atoms with Gasteiger partial charge in [0, 0.05) is 25.6 Å². The third-order valence-electron chi connectivity index (χ3n) is 2.76. The fraction of sp³-hybridized carbons (Fsp3) is 0.600. The minimum atomic E-state index is -0.461. The molecule has 1 atom stereocenters. The zero-order chi connectivity index (χ0) is 12.4. The molecule has 0 aromatic carbocycles. The lowest BCUT2D eigenvalue weighted by Gasteiger charge is -2.13. The Hall–Kier alpha value is -0.850. The first kappa shape index (κ1) is 12.6. The summed E-state index contributed by atoms with van der Waals surface area (Å²) < 4.78 is 4.62. The Kier molecular flexibility index (Phi) is 3.86. The maximum absolute atomic E-state index is 11.4. The van der Waals surface area contributed by atoms with E-state index in [0.717, 1.165) is 19.5 Å². The summed E-state index contributed by atoms with van der Waals surface area (Å²) in [5.74, 6) is -0.184. The van der Waals surface area contributed by atoms with Gasteiger partial charge in [0.05, 0.1) is 7.11 Å². The summed E-state index contributed by atoms with van der Waals surface area (Å²) in [6.07, 6.45) is 0.932. The molecule has 1 fully saturated rings. The molecule has 0 spiro atoms. The second-order valence-electron chi connectivity index (χ2n) is 3.89. The lowest BCUT2D eigenvalue weighted by Crippen LogP contribution is -2.20. The molecule has 2 rings (SSSR count). The molecular formula is C10H13ClN2O3S. The molecule has 7 heteroatoms. The van der Waals surface area contributed by atoms with Crippen LogP contribution in [0.1, 0.15) is 16.1 Å². The van der Waals surface area contributed by atoms with Crippen LogP contribution in [0.5, 0.6) is 0 Å². The molecule has 1 N–H and O–H groups in total. The topological polar surface area (TPSA) is 62.7 Å². The van der Waals surface area contributed by atoms with Crippen LogP contribution in [0.4, 0.5) is 5.13 Å². The fourth-order valence-electron chi connectivity index (χ4n) is 1.80. The van der Waals surface area contributed by atoms with Crippen molar-refractivity contribution in [2.75, 3.05) is 31.7 Å². The molecule has 0 bridgehead atoms. The van der Waals surface area contributed by atoms with Crippen molar-refractivity contribution < 1.29 is 14.6 Å². The number of carbonyl (C=O) groups excluding carboxylic acids is 1. The predicted molar refractivity (Wildman–Crippen MR) is 65.9 cm³/mol. The standard InChI is InChI=1S/C10H13ClN2O3S/c1-16-9(15)7-8(11)12-10(17-7)13-3-2-6(4-13)5-14/h6,14H,2-5H2,1H3. The Labute approximate surface area is 108 Å². The summed E-state index contributed by atoms with van der Waals surface area (Å²) in [6.45, 7) is 1.76. The highest BCUT2D eigenvalue weighted by atomic mass is 35.5. The molecule has 94 valence electrons. The largest absolute Gasteiger partial charge is 0.465 e. The van der Waals surface area contributed by atoms with Gasteiger partial charge in [-0.25, -0.2) is 9.78 Å². The lowest BCUT2D eigenvalue weighted by molar-refractivity contribution is 0.0606. The van der Waals surface area contributed by atoms with Crippen molar-refractivity contribution in [3.05, 3.63) is 10.0 Å². The van der Waals surface area contributed by atoms with E-state index in [9.17, 15) is 4.79 Å². The van der Waals surface area contributed by atoms with Crippen LogP contribution in [0.15, 0.2) is 0 Å². The van der Waals surface area contributed by atoms with Crippen LogP contribution >= 0.6 is 22.9 Å². The minimum Gasteiger partial charge on any atom is -0.465 e. The molecule has 0 radical (unpaired) electrons. The Morgan fingerprint density at radius 1 is 1.76 bits per heavy atom. The summed E-state index contributed by atoms with van der Waals surface area (Å²) in [7, 11) is 1.32. The molecule has 1 unspecified atom stereocenters. The molecule has 0 saturated carbocycles. The number of aliphatic hydroxyl groups excluding tert-OH is 1. The average Bonchev–Trinajstić information content (AvgIpc) is 2.94. The number of halogens is 1. The predicted octanol–water partition coefficient (Wildman–Crippen LogP) is 1.40. The van der Waals surface area contributed by atoms with Crippen molar-refractivity contribution in [3.63, 3.8) is 0 Å². The summed E-state index contributed by atoms with van der Waals surface area (Å²) in [5, 5.41) is 9.97. The van der Waals surface area contributed by atoms with Crippen molar-refractivity contribution in [1.82, 2.24) is 4.98 Å². The maximum atomic E-state index is 11.4. The zero-order valence-corrected chi connectivity index (χ0v) is 10.9. The SMILES string of the molecule is COC(=O)c1sc(N2CCC(CO)C2)nc1Cl. The van der Waals surface area contributed by atoms with Crippen LogP contribution in [0, 0.1) is 5.92 Å². The number of aromatic nitrogens is 1. The van der Waals surface area contributed by atoms with Crippen LogP contribution in [0.3, 0.4) is 0 Å². The number of esters is 1. The van der Waals surface area contributed by atoms with Crippen LogP contribution in [-0.2, 0) is 4.74 Å². The van der Waals surface area contributed by atoms with Gasteiger partial charge in [-0.15, -0.1) is 0 Å². The Morgan fingerprint density at radius 2 is 2.53 bits per heavy atom. The number of thiazole rings is 1. The van der Waals surface area contributed by atoms with E-state index in [1.807, 2.05) is 4.90 Å². The first-order valence-electron chi connectivity index (χ1n) is 5.26. The second-order valence-corrected chi connectivity index (χ2v) is 5.23. The van der Waals surface area contributed by atoms with Crippen molar-refractivity contribution in [2.45, 2.75) is 6.42 Å². The van der Waals surface area contributed by atoms with E-state index >= 15 is 0 Å². The van der Waals surface area contributed by atoms with Gasteiger partial charge in [-0.05, 0) is 6.42 Å². The molecular weight excluding hydrogens is 264 g/mol. The molecule has 1 aromatic heterocycles. The highest BCUT2D eigenvalue weighted by Gasteiger charge is 2.26. The third-order valence-corrected chi connectivity index (χ3v) is 4.24. The maximum Gasteiger partial charge on any atom is 0.351 e. The van der Waals surface area contributed by atoms with E-state index in [-0.39, 0.29) is 17.7 Å². The molecule has 5 nitrogen and oxygen atoms in total. The number of aliphatic hydroxyl groups is 1. The highest BCUT2D eigenvalue weighted by molar-refractivity contribution is 7.18. The molecule has 17 heavy (non-hydrogen) atoms. The van der Waals surface area contributed by atoms with Crippen LogP contribution < -0.4 is 4.90 Å². The Morgan fingerprint density at radius 3 is 3.12 bits per heavy atom. The number of ether oxygens (including phenoxy) is 1. The van der Waals surface area contributed by atoms with Gasteiger partial charge in [-0.3, -0.25) is 0 Å². The quantitative estimate of drug-likeness (QED) is 0.846. The van der Waals surface area contributed by atoms with Crippen LogP contribution in [-0.4, -0.2) is 42.9 Å². The number of rotatable bonds is 3. The van der Waals surface area contributed by atoms with Crippen LogP contribution in [0.25, 0.3) is 0 Å². The van der Waals surface area contributed by atoms with E-state index in [4.69, 9.17) is 16.7 Å². The van der Waals surface area contributed by atoms with E-state index in [1.54, 1.807) is 0 Å². The van der Waals surface area contributed by atoms with E-state index in [2.05, 4.69) is 9.72 Å². The fourth-order valence-corrected chi connectivity index (χ4v) is 3.03. The Bertz CT molecular complexity index is 424. The van der Waals surface area contributed by atoms with Gasteiger partial charge in [0.25, 0.3) is 0 Å². The molecule has 0 aliphatic carbocycles. The second kappa shape index (κ2) is 5.20. The smallest absolute Gasteiger partial charge is 0.351 e. The third kappa shape index (κ3) is 2.53. The number of nitrogens with zero attached hydrogens (tertiary/aromatic N) is 2. The van der Waals surface area contributed by atoms with E-state index in [0.29, 0.717) is 10.0 Å². The van der Waals surface area contributed by atoms with Crippen molar-refractivity contribution in [2.24, 2.45) is 5.92 Å². The first-order chi connectivity index (χ1) is 8.15. The van der Waals surface area contributed by atoms with Crippen molar-refractivity contribution >= 4 is 34.0 Å². The minimum absolute atomic E-state index is 0.180. The van der Waals surface area contributed by atoms with E-state index < -0.39 is 5.97 Å². The number of hydrogen-bond donors (Lipinski definition) is 1. The summed E-state index contributed by atoms with van der Waals surface area (Å²) in [5.41, 5.74) is 0. The van der Waals surface area contributed by atoms with E-state index in [1.165, 1.54) is 18.4 Å². The summed E-state index contributed by atoms with van der Waals surface area (Å²) >= 11 is 7.12. The molecule has 1 saturated heterocycles. The summed E-state index contributed by atoms with van der Waals surface area (Å²) in [4.78, 5) is 17.9. The first-order valence-corrected chi connectivity index (χ1v) is 6.45. The van der Waals surface area contributed by atoms with Crippen molar-refractivity contribution in [1.29, 1.82) is 0 Å². The molecule has 1 aliphatic rings. The van der Waals surface area contributed by atoms with Gasteiger partial charge in [-0.2, -0.15) is 0 Å². The monoisotopic (exact) mass is 276 g/mol. The van der Waals surface area contributed by atoms with Crippen LogP contribution in [0.2, 0.25) is 5.15 Å².